The second-order valence-electron chi connectivity index (χ2n) is 4.53. The van der Waals surface area contributed by atoms with Crippen molar-refractivity contribution in [3.8, 4) is 0 Å². The third kappa shape index (κ3) is 3.95. The van der Waals surface area contributed by atoms with Gasteiger partial charge in [-0.1, -0.05) is 6.92 Å². The van der Waals surface area contributed by atoms with Crippen LogP contribution in [0.3, 0.4) is 0 Å². The van der Waals surface area contributed by atoms with Gasteiger partial charge in [0.15, 0.2) is 4.96 Å². The first-order valence-electron chi connectivity index (χ1n) is 6.68. The summed E-state index contributed by atoms with van der Waals surface area (Å²) in [5, 5.41) is 15.9. The molecule has 1 atom stereocenters. The fourth-order valence-electron chi connectivity index (χ4n) is 1.88. The smallest absolute Gasteiger partial charge is 0.194 e. The number of nitrogens with zero attached hydrogens (tertiary/aromatic N) is 2. The number of hydrogen-bond donors (Lipinski definition) is 2. The summed E-state index contributed by atoms with van der Waals surface area (Å²) in [6.07, 6.45) is 2.84. The number of rotatable bonds is 9. The van der Waals surface area contributed by atoms with Crippen LogP contribution in [0.4, 0.5) is 0 Å². The Balaban J connectivity index is 2.09. The van der Waals surface area contributed by atoms with Crippen molar-refractivity contribution in [2.24, 2.45) is 0 Å². The van der Waals surface area contributed by atoms with E-state index in [0.29, 0.717) is 11.9 Å². The third-order valence-electron chi connectivity index (χ3n) is 2.95. The molecule has 0 spiro atoms. The van der Waals surface area contributed by atoms with Crippen LogP contribution in [0.2, 0.25) is 0 Å². The largest absolute Gasteiger partial charge is 0.396 e. The standard InChI is InChI=1S/C13H21N3O2S2/c1-10(3-6-17)20-12-11(9-14-4-7-18-2)16-5-8-19-13(16)15-12/h5,8,10,14,17H,3-4,6-7,9H2,1-2H3. The summed E-state index contributed by atoms with van der Waals surface area (Å²) in [6.45, 7) is 4.64. The van der Waals surface area contributed by atoms with E-state index in [1.165, 1.54) is 5.69 Å². The second kappa shape index (κ2) is 7.99. The summed E-state index contributed by atoms with van der Waals surface area (Å²) >= 11 is 3.38. The van der Waals surface area contributed by atoms with E-state index in [0.717, 1.165) is 29.5 Å². The predicted octanol–water partition coefficient (Wildman–Crippen LogP) is 1.99. The maximum Gasteiger partial charge on any atom is 0.194 e. The van der Waals surface area contributed by atoms with Gasteiger partial charge in [-0.05, 0) is 6.42 Å². The van der Waals surface area contributed by atoms with Crippen LogP contribution in [0.5, 0.6) is 0 Å². The highest BCUT2D eigenvalue weighted by Crippen LogP contribution is 2.30. The zero-order chi connectivity index (χ0) is 14.4. The number of fused-ring (bicyclic) bond motifs is 1. The number of thiazole rings is 1. The lowest BCUT2D eigenvalue weighted by Gasteiger charge is -2.10. The van der Waals surface area contributed by atoms with Crippen LogP contribution in [-0.4, -0.2) is 46.6 Å². The van der Waals surface area contributed by atoms with Gasteiger partial charge in [0.25, 0.3) is 0 Å². The SMILES string of the molecule is COCCNCc1c(SC(C)CCO)nc2sccn12. The van der Waals surface area contributed by atoms with Crippen LogP contribution < -0.4 is 5.32 Å². The summed E-state index contributed by atoms with van der Waals surface area (Å²) in [5.74, 6) is 0. The highest BCUT2D eigenvalue weighted by Gasteiger charge is 2.15. The van der Waals surface area contributed by atoms with Crippen molar-refractivity contribution >= 4 is 28.1 Å². The average Bonchev–Trinajstić information content (AvgIpc) is 2.97. The first-order chi connectivity index (χ1) is 9.76. The molecule has 0 aliphatic heterocycles. The molecule has 2 N–H and O–H groups in total. The van der Waals surface area contributed by atoms with E-state index in [9.17, 15) is 0 Å². The summed E-state index contributed by atoms with van der Waals surface area (Å²) in [7, 11) is 1.70. The number of imidazole rings is 1. The van der Waals surface area contributed by atoms with Crippen molar-refractivity contribution in [3.05, 3.63) is 17.3 Å². The predicted molar refractivity (Wildman–Crippen MR) is 83.7 cm³/mol. The number of thioether (sulfide) groups is 1. The van der Waals surface area contributed by atoms with E-state index >= 15 is 0 Å². The average molecular weight is 315 g/mol. The molecule has 5 nitrogen and oxygen atoms in total. The fraction of sp³-hybridized carbons (Fsp3) is 0.615. The molecule has 7 heteroatoms. The van der Waals surface area contributed by atoms with Crippen LogP contribution in [0.1, 0.15) is 19.0 Å². The van der Waals surface area contributed by atoms with Crippen molar-refractivity contribution in [3.63, 3.8) is 0 Å². The molecule has 0 aromatic carbocycles. The van der Waals surface area contributed by atoms with Gasteiger partial charge in [-0.2, -0.15) is 0 Å². The molecule has 1 unspecified atom stereocenters. The maximum absolute atomic E-state index is 9.02. The molecular weight excluding hydrogens is 294 g/mol. The van der Waals surface area contributed by atoms with Crippen molar-refractivity contribution in [2.75, 3.05) is 26.9 Å². The first kappa shape index (κ1) is 15.8. The van der Waals surface area contributed by atoms with E-state index in [-0.39, 0.29) is 6.61 Å². The van der Waals surface area contributed by atoms with E-state index in [1.54, 1.807) is 30.2 Å². The second-order valence-corrected chi connectivity index (χ2v) is 6.83. The molecule has 0 amide bonds. The molecular formula is C13H21N3O2S2. The van der Waals surface area contributed by atoms with Gasteiger partial charge in [0.05, 0.1) is 12.3 Å². The lowest BCUT2D eigenvalue weighted by atomic mass is 10.3. The van der Waals surface area contributed by atoms with Gasteiger partial charge >= 0.3 is 0 Å². The summed E-state index contributed by atoms with van der Waals surface area (Å²) in [4.78, 5) is 5.71. The molecule has 2 aromatic rings. The van der Waals surface area contributed by atoms with Gasteiger partial charge in [-0.3, -0.25) is 4.40 Å². The lowest BCUT2D eigenvalue weighted by molar-refractivity contribution is 0.199. The minimum atomic E-state index is 0.220. The number of methoxy groups -OCH3 is 1. The Morgan fingerprint density at radius 1 is 1.60 bits per heavy atom. The Bertz CT molecular complexity index is 527. The highest BCUT2D eigenvalue weighted by molar-refractivity contribution is 7.99. The van der Waals surface area contributed by atoms with E-state index < -0.39 is 0 Å². The number of hydrogen-bond acceptors (Lipinski definition) is 6. The molecule has 2 rings (SSSR count). The monoisotopic (exact) mass is 315 g/mol. The van der Waals surface area contributed by atoms with Crippen LogP contribution in [0.25, 0.3) is 4.96 Å². The molecule has 0 aliphatic carbocycles. The van der Waals surface area contributed by atoms with Gasteiger partial charge < -0.3 is 15.2 Å². The third-order valence-corrected chi connectivity index (χ3v) is 4.89. The summed E-state index contributed by atoms with van der Waals surface area (Å²) in [6, 6.07) is 0. The minimum absolute atomic E-state index is 0.220. The molecule has 0 radical (unpaired) electrons. The number of aromatic nitrogens is 2. The summed E-state index contributed by atoms with van der Waals surface area (Å²) < 4.78 is 7.18. The van der Waals surface area contributed by atoms with Crippen LogP contribution >= 0.6 is 23.1 Å². The van der Waals surface area contributed by atoms with Crippen molar-refractivity contribution in [1.29, 1.82) is 0 Å². The number of aliphatic hydroxyl groups excluding tert-OH is 1. The molecule has 0 fully saturated rings. The van der Waals surface area contributed by atoms with Gasteiger partial charge in [-0.15, -0.1) is 23.1 Å². The van der Waals surface area contributed by atoms with E-state index in [2.05, 4.69) is 27.8 Å². The number of ether oxygens (including phenoxy) is 1. The molecule has 2 aromatic heterocycles. The van der Waals surface area contributed by atoms with Crippen molar-refractivity contribution in [1.82, 2.24) is 14.7 Å². The molecule has 0 bridgehead atoms. The van der Waals surface area contributed by atoms with Gasteiger partial charge in [0, 0.05) is 43.6 Å². The molecule has 0 aliphatic rings. The zero-order valence-electron chi connectivity index (χ0n) is 11.8. The van der Waals surface area contributed by atoms with Gasteiger partial charge in [0.2, 0.25) is 0 Å². The molecule has 2 heterocycles. The first-order valence-corrected chi connectivity index (χ1v) is 8.43. The Morgan fingerprint density at radius 3 is 3.20 bits per heavy atom. The quantitative estimate of drug-likeness (QED) is 0.547. The number of nitrogens with one attached hydrogen (secondary N) is 1. The van der Waals surface area contributed by atoms with Gasteiger partial charge in [-0.25, -0.2) is 4.98 Å². The lowest BCUT2D eigenvalue weighted by Crippen LogP contribution is -2.19. The Hall–Kier alpha value is -0.600. The normalized spacial score (nSPS) is 13.2. The van der Waals surface area contributed by atoms with Crippen LogP contribution in [0, 0.1) is 0 Å². The van der Waals surface area contributed by atoms with Crippen LogP contribution in [0.15, 0.2) is 16.6 Å². The molecule has 112 valence electrons. The number of aliphatic hydroxyl groups is 1. The molecule has 0 saturated heterocycles. The minimum Gasteiger partial charge on any atom is -0.396 e. The van der Waals surface area contributed by atoms with Crippen LogP contribution in [-0.2, 0) is 11.3 Å². The van der Waals surface area contributed by atoms with E-state index in [4.69, 9.17) is 9.84 Å². The van der Waals surface area contributed by atoms with Crippen molar-refractivity contribution < 1.29 is 9.84 Å². The Kier molecular flexibility index (Phi) is 6.31. The Morgan fingerprint density at radius 2 is 2.45 bits per heavy atom. The maximum atomic E-state index is 9.02. The highest BCUT2D eigenvalue weighted by atomic mass is 32.2. The fourth-order valence-corrected chi connectivity index (χ4v) is 3.72. The summed E-state index contributed by atoms with van der Waals surface area (Å²) in [5.41, 5.74) is 1.19. The zero-order valence-corrected chi connectivity index (χ0v) is 13.5. The van der Waals surface area contributed by atoms with Gasteiger partial charge in [0.1, 0.15) is 5.03 Å². The Labute approximate surface area is 127 Å². The van der Waals surface area contributed by atoms with Crippen molar-refractivity contribution in [2.45, 2.75) is 30.2 Å². The molecule has 0 saturated carbocycles. The van der Waals surface area contributed by atoms with E-state index in [1.807, 2.05) is 5.38 Å². The topological polar surface area (TPSA) is 58.8 Å². The molecule has 20 heavy (non-hydrogen) atoms.